The Bertz CT molecular complexity index is 1810. The van der Waals surface area contributed by atoms with Gasteiger partial charge in [-0.1, -0.05) is 54.6 Å². The molecule has 2 heterocycles. The summed E-state index contributed by atoms with van der Waals surface area (Å²) in [5, 5.41) is 14.0. The first-order valence-corrected chi connectivity index (χ1v) is 11.7. The van der Waals surface area contributed by atoms with Gasteiger partial charge in [0, 0.05) is 32.9 Å². The van der Waals surface area contributed by atoms with Gasteiger partial charge in [0.15, 0.2) is 0 Å². The molecule has 5 aromatic carbocycles. The molecule has 0 saturated heterocycles. The van der Waals surface area contributed by atoms with Crippen LogP contribution < -0.4 is 4.65 Å². The van der Waals surface area contributed by atoms with E-state index in [1.165, 1.54) is 21.8 Å². The molecule has 0 bridgehead atoms. The van der Waals surface area contributed by atoms with Gasteiger partial charge in [-0.05, 0) is 60.7 Å². The molecule has 0 atom stereocenters. The number of fused-ring (bicyclic) bond motifs is 6. The van der Waals surface area contributed by atoms with Gasteiger partial charge in [-0.3, -0.25) is 0 Å². The quantitative estimate of drug-likeness (QED) is 0.309. The summed E-state index contributed by atoms with van der Waals surface area (Å²) >= 11 is 0. The van der Waals surface area contributed by atoms with Crippen molar-refractivity contribution in [3.63, 3.8) is 0 Å². The molecule has 166 valence electrons. The van der Waals surface area contributed by atoms with Gasteiger partial charge in [0.2, 0.25) is 0 Å². The second-order valence-electron chi connectivity index (χ2n) is 8.69. The number of benzene rings is 5. The Kier molecular flexibility index (Phi) is 4.44. The van der Waals surface area contributed by atoms with E-state index in [2.05, 4.69) is 112 Å². The molecule has 2 aromatic heterocycles. The smallest absolute Gasteiger partial charge is 0.504 e. The van der Waals surface area contributed by atoms with E-state index in [1.54, 1.807) is 0 Å². The lowest BCUT2D eigenvalue weighted by molar-refractivity contribution is 0.454. The molecule has 0 aliphatic rings. The molecule has 0 spiro atoms. The molecule has 7 rings (SSSR count). The summed E-state index contributed by atoms with van der Waals surface area (Å²) in [7, 11) is -0.339. The first-order valence-electron chi connectivity index (χ1n) is 11.7. The Labute approximate surface area is 202 Å². The molecule has 1 N–H and O–H groups in total. The topological polar surface area (TPSA) is 39.3 Å². The number of para-hydroxylation sites is 3. The van der Waals surface area contributed by atoms with E-state index in [-0.39, 0.29) is 7.69 Å². The lowest BCUT2D eigenvalue weighted by Crippen LogP contribution is -1.99. The van der Waals surface area contributed by atoms with E-state index in [0.717, 1.165) is 33.2 Å². The van der Waals surface area contributed by atoms with Crippen LogP contribution in [-0.4, -0.2) is 21.8 Å². The van der Waals surface area contributed by atoms with Crippen molar-refractivity contribution in [2.45, 2.75) is 0 Å². The van der Waals surface area contributed by atoms with Gasteiger partial charge >= 0.3 is 7.69 Å². The SMILES string of the molecule is OBOc1ccc2c(c1)c1ccccc1n2-c1ccc(-n2c3ccccc3c3ccccc32)cc1. The van der Waals surface area contributed by atoms with Crippen LogP contribution in [0.15, 0.2) is 115 Å². The summed E-state index contributed by atoms with van der Waals surface area (Å²) in [6.07, 6.45) is 0. The highest BCUT2D eigenvalue weighted by atomic mass is 16.5. The first-order chi connectivity index (χ1) is 17.3. The molecule has 0 radical (unpaired) electrons. The van der Waals surface area contributed by atoms with Gasteiger partial charge in [0.1, 0.15) is 5.75 Å². The van der Waals surface area contributed by atoms with Gasteiger partial charge in [-0.15, -0.1) is 0 Å². The van der Waals surface area contributed by atoms with Crippen LogP contribution in [0, 0.1) is 0 Å². The molecule has 0 aliphatic heterocycles. The molecule has 0 saturated carbocycles. The predicted octanol–water partition coefficient (Wildman–Crippen LogP) is 6.52. The monoisotopic (exact) mass is 452 g/mol. The maximum atomic E-state index is 9.20. The molecular weight excluding hydrogens is 431 g/mol. The number of hydrogen-bond donors (Lipinski definition) is 1. The Hall–Kier alpha value is -4.48. The van der Waals surface area contributed by atoms with Gasteiger partial charge < -0.3 is 18.8 Å². The molecule has 0 amide bonds. The average Bonchev–Trinajstić information content (AvgIpc) is 3.42. The largest absolute Gasteiger partial charge is 0.539 e. The fourth-order valence-corrected chi connectivity index (χ4v) is 5.35. The molecule has 4 nitrogen and oxygen atoms in total. The third-order valence-electron chi connectivity index (χ3n) is 6.82. The van der Waals surface area contributed by atoms with Crippen molar-refractivity contribution < 1.29 is 9.68 Å². The second kappa shape index (κ2) is 7.79. The number of hydrogen-bond acceptors (Lipinski definition) is 2. The lowest BCUT2D eigenvalue weighted by atomic mass is 10.1. The van der Waals surface area contributed by atoms with E-state index in [0.29, 0.717) is 5.75 Å². The lowest BCUT2D eigenvalue weighted by Gasteiger charge is -2.12. The average molecular weight is 452 g/mol. The number of aromatic nitrogens is 2. The van der Waals surface area contributed by atoms with Crippen molar-refractivity contribution in [1.29, 1.82) is 0 Å². The molecule has 7 aromatic rings. The minimum atomic E-state index is -0.339. The van der Waals surface area contributed by atoms with Crippen LogP contribution in [0.25, 0.3) is 55.0 Å². The van der Waals surface area contributed by atoms with E-state index in [9.17, 15) is 5.02 Å². The number of nitrogens with zero attached hydrogens (tertiary/aromatic N) is 2. The second-order valence-corrected chi connectivity index (χ2v) is 8.69. The standard InChI is InChI=1S/C30H21BN2O2/c34-31-35-22-17-18-30-26(19-22)25-9-3-6-12-29(25)33(30)21-15-13-20(14-16-21)32-27-10-4-1-7-23(27)24-8-2-5-11-28(24)32/h1-19,31,34H. The Balaban J connectivity index is 1.43. The van der Waals surface area contributed by atoms with Crippen LogP contribution in [-0.2, 0) is 0 Å². The van der Waals surface area contributed by atoms with Crippen molar-refractivity contribution in [3.05, 3.63) is 115 Å². The zero-order chi connectivity index (χ0) is 23.4. The van der Waals surface area contributed by atoms with Crippen LogP contribution in [0.2, 0.25) is 0 Å². The third kappa shape index (κ3) is 2.99. The van der Waals surface area contributed by atoms with E-state index >= 15 is 0 Å². The fourth-order valence-electron chi connectivity index (χ4n) is 5.35. The summed E-state index contributed by atoms with van der Waals surface area (Å²) < 4.78 is 9.96. The van der Waals surface area contributed by atoms with Gasteiger partial charge in [0.25, 0.3) is 0 Å². The zero-order valence-electron chi connectivity index (χ0n) is 18.9. The summed E-state index contributed by atoms with van der Waals surface area (Å²) in [6.45, 7) is 0. The van der Waals surface area contributed by atoms with E-state index < -0.39 is 0 Å². The van der Waals surface area contributed by atoms with E-state index in [1.807, 2.05) is 12.1 Å². The van der Waals surface area contributed by atoms with Crippen molar-refractivity contribution in [1.82, 2.24) is 9.13 Å². The Morgan fingerprint density at radius 3 is 1.40 bits per heavy atom. The molecule has 0 fully saturated rings. The molecule has 0 aliphatic carbocycles. The predicted molar refractivity (Wildman–Crippen MR) is 145 cm³/mol. The fraction of sp³-hybridized carbons (Fsp3) is 0. The normalized spacial score (nSPS) is 11.6. The molecule has 35 heavy (non-hydrogen) atoms. The van der Waals surface area contributed by atoms with Crippen LogP contribution in [0.3, 0.4) is 0 Å². The van der Waals surface area contributed by atoms with Gasteiger partial charge in [-0.25, -0.2) is 0 Å². The van der Waals surface area contributed by atoms with Crippen molar-refractivity contribution in [2.75, 3.05) is 0 Å². The van der Waals surface area contributed by atoms with E-state index in [4.69, 9.17) is 4.65 Å². The minimum Gasteiger partial charge on any atom is -0.539 e. The highest BCUT2D eigenvalue weighted by molar-refractivity contribution is 6.17. The third-order valence-corrected chi connectivity index (χ3v) is 6.82. The summed E-state index contributed by atoms with van der Waals surface area (Å²) in [4.78, 5) is 0. The van der Waals surface area contributed by atoms with Gasteiger partial charge in [-0.2, -0.15) is 0 Å². The minimum absolute atomic E-state index is 0.339. The molecule has 5 heteroatoms. The first kappa shape index (κ1) is 19.9. The van der Waals surface area contributed by atoms with Crippen molar-refractivity contribution in [2.24, 2.45) is 0 Å². The summed E-state index contributed by atoms with van der Waals surface area (Å²) in [5.41, 5.74) is 6.86. The zero-order valence-corrected chi connectivity index (χ0v) is 18.9. The summed E-state index contributed by atoms with van der Waals surface area (Å²) in [6, 6.07) is 40.2. The molecule has 0 unspecified atom stereocenters. The highest BCUT2D eigenvalue weighted by Gasteiger charge is 2.14. The Morgan fingerprint density at radius 2 is 0.914 bits per heavy atom. The van der Waals surface area contributed by atoms with Crippen molar-refractivity contribution in [3.8, 4) is 17.1 Å². The van der Waals surface area contributed by atoms with Crippen molar-refractivity contribution >= 4 is 51.3 Å². The van der Waals surface area contributed by atoms with Crippen LogP contribution >= 0.6 is 0 Å². The van der Waals surface area contributed by atoms with Gasteiger partial charge in [0.05, 0.1) is 22.1 Å². The Morgan fingerprint density at radius 1 is 0.486 bits per heavy atom. The van der Waals surface area contributed by atoms with Crippen LogP contribution in [0.4, 0.5) is 0 Å². The molecular formula is C30H21BN2O2. The highest BCUT2D eigenvalue weighted by Crippen LogP contribution is 2.35. The maximum absolute atomic E-state index is 9.20. The van der Waals surface area contributed by atoms with Crippen LogP contribution in [0.5, 0.6) is 5.75 Å². The maximum Gasteiger partial charge on any atom is 0.504 e. The van der Waals surface area contributed by atoms with Crippen LogP contribution in [0.1, 0.15) is 0 Å². The summed E-state index contributed by atoms with van der Waals surface area (Å²) in [5.74, 6) is 0.657. The number of rotatable bonds is 4.